The highest BCUT2D eigenvalue weighted by molar-refractivity contribution is 6.67. The summed E-state index contributed by atoms with van der Waals surface area (Å²) in [6.45, 7) is 0.323. The number of nitrogens with zero attached hydrogens (tertiary/aromatic N) is 1. The van der Waals surface area contributed by atoms with Crippen LogP contribution in [-0.2, 0) is 4.74 Å². The van der Waals surface area contributed by atoms with Crippen LogP contribution in [0.3, 0.4) is 0 Å². The lowest BCUT2D eigenvalue weighted by Crippen LogP contribution is -2.21. The third-order valence-electron chi connectivity index (χ3n) is 2.68. The molecule has 1 heterocycles. The maximum Gasteiger partial charge on any atom is 0.410 e. The van der Waals surface area contributed by atoms with Gasteiger partial charge in [-0.2, -0.15) is 0 Å². The van der Waals surface area contributed by atoms with Crippen LogP contribution in [-0.4, -0.2) is 35.0 Å². The molecule has 1 atom stereocenters. The molecule has 2 rings (SSSR count). The number of benzene rings is 1. The van der Waals surface area contributed by atoms with Gasteiger partial charge in [0.05, 0.1) is 13.2 Å². The Kier molecular flexibility index (Phi) is 4.33. The van der Waals surface area contributed by atoms with E-state index in [0.717, 1.165) is 11.3 Å². The maximum atomic E-state index is 11.7. The van der Waals surface area contributed by atoms with Crippen LogP contribution in [0.5, 0.6) is 5.75 Å². The molecule has 4 nitrogen and oxygen atoms in total. The molecule has 1 saturated heterocycles. The van der Waals surface area contributed by atoms with Crippen molar-refractivity contribution in [1.29, 1.82) is 0 Å². The van der Waals surface area contributed by atoms with Gasteiger partial charge in [0.25, 0.3) is 0 Å². The van der Waals surface area contributed by atoms with E-state index in [-0.39, 0.29) is 12.6 Å². The molecule has 104 valence electrons. The molecule has 0 aliphatic carbocycles. The number of alkyl halides is 3. The Bertz CT molecular complexity index is 476. The van der Waals surface area contributed by atoms with E-state index >= 15 is 0 Å². The van der Waals surface area contributed by atoms with Crippen molar-refractivity contribution < 1.29 is 14.3 Å². The van der Waals surface area contributed by atoms with Crippen molar-refractivity contribution in [3.05, 3.63) is 29.8 Å². The monoisotopic (exact) mass is 323 g/mol. The number of hydrogen-bond acceptors (Lipinski definition) is 3. The fourth-order valence-electron chi connectivity index (χ4n) is 1.70. The van der Waals surface area contributed by atoms with Gasteiger partial charge in [-0.3, -0.25) is 4.90 Å². The lowest BCUT2D eigenvalue weighted by atomic mass is 10.1. The number of carbonyl (C=O) groups excluding carboxylic acids is 1. The molecule has 0 N–H and O–H groups in total. The normalized spacial score (nSPS) is 18.1. The molecule has 0 radical (unpaired) electrons. The quantitative estimate of drug-likeness (QED) is 0.630. The SMILES string of the molecule is COc1cccc(C2CN2C(=O)OCC(Cl)(Cl)Cl)c1. The van der Waals surface area contributed by atoms with E-state index in [4.69, 9.17) is 44.3 Å². The van der Waals surface area contributed by atoms with Gasteiger partial charge in [0, 0.05) is 6.54 Å². The van der Waals surface area contributed by atoms with Crippen LogP contribution in [0.4, 0.5) is 4.79 Å². The second-order valence-electron chi connectivity index (χ2n) is 4.11. The average molecular weight is 325 g/mol. The highest BCUT2D eigenvalue weighted by Crippen LogP contribution is 2.37. The standard InChI is InChI=1S/C12H12Cl3NO3/c1-18-9-4-2-3-8(5-9)10-6-16(10)11(17)19-7-12(13,14)15/h2-5,10H,6-7H2,1H3. The van der Waals surface area contributed by atoms with Gasteiger partial charge < -0.3 is 9.47 Å². The summed E-state index contributed by atoms with van der Waals surface area (Å²) < 4.78 is 8.45. The molecule has 0 aromatic heterocycles. The van der Waals surface area contributed by atoms with Crippen LogP contribution in [0.15, 0.2) is 24.3 Å². The first-order chi connectivity index (χ1) is 8.90. The van der Waals surface area contributed by atoms with E-state index in [2.05, 4.69) is 0 Å². The highest BCUT2D eigenvalue weighted by atomic mass is 35.6. The summed E-state index contributed by atoms with van der Waals surface area (Å²) in [5.41, 5.74) is 0.991. The molecule has 1 aromatic carbocycles. The van der Waals surface area contributed by atoms with Gasteiger partial charge in [-0.1, -0.05) is 46.9 Å². The summed E-state index contributed by atoms with van der Waals surface area (Å²) in [7, 11) is 1.60. The summed E-state index contributed by atoms with van der Waals surface area (Å²) in [5.74, 6) is 0.749. The van der Waals surface area contributed by atoms with E-state index in [9.17, 15) is 4.79 Å². The molecule has 1 amide bonds. The van der Waals surface area contributed by atoms with Crippen molar-refractivity contribution in [2.24, 2.45) is 0 Å². The second kappa shape index (κ2) is 5.65. The van der Waals surface area contributed by atoms with Crippen molar-refractivity contribution >= 4 is 40.9 Å². The Labute approximate surface area is 126 Å². The minimum absolute atomic E-state index is 0.00187. The smallest absolute Gasteiger partial charge is 0.410 e. The third-order valence-corrected chi connectivity index (χ3v) is 3.01. The van der Waals surface area contributed by atoms with Crippen LogP contribution in [0.2, 0.25) is 0 Å². The summed E-state index contributed by atoms with van der Waals surface area (Å²) >= 11 is 16.5. The molecule has 19 heavy (non-hydrogen) atoms. The topological polar surface area (TPSA) is 38.5 Å². The molecular formula is C12H12Cl3NO3. The number of carbonyl (C=O) groups is 1. The highest BCUT2D eigenvalue weighted by Gasteiger charge is 2.41. The molecule has 0 saturated carbocycles. The predicted molar refractivity (Wildman–Crippen MR) is 74.1 cm³/mol. The Morgan fingerprint density at radius 1 is 1.47 bits per heavy atom. The summed E-state index contributed by atoms with van der Waals surface area (Å²) in [6, 6.07) is 7.52. The van der Waals surface area contributed by atoms with Crippen molar-refractivity contribution in [2.45, 2.75) is 9.83 Å². The van der Waals surface area contributed by atoms with Gasteiger partial charge in [0.15, 0.2) is 0 Å². The van der Waals surface area contributed by atoms with Crippen LogP contribution >= 0.6 is 34.8 Å². The molecule has 0 bridgehead atoms. The Balaban J connectivity index is 1.91. The third kappa shape index (κ3) is 4.06. The molecule has 7 heteroatoms. The molecular weight excluding hydrogens is 312 g/mol. The largest absolute Gasteiger partial charge is 0.497 e. The Morgan fingerprint density at radius 2 is 2.21 bits per heavy atom. The summed E-state index contributed by atoms with van der Waals surface area (Å²) in [6.07, 6.45) is -0.487. The molecule has 1 aromatic rings. The van der Waals surface area contributed by atoms with Gasteiger partial charge in [-0.05, 0) is 17.7 Å². The molecule has 1 unspecified atom stereocenters. The zero-order chi connectivity index (χ0) is 14.0. The van der Waals surface area contributed by atoms with E-state index in [1.165, 1.54) is 0 Å². The van der Waals surface area contributed by atoms with Crippen molar-refractivity contribution in [3.63, 3.8) is 0 Å². The van der Waals surface area contributed by atoms with Gasteiger partial charge in [0.2, 0.25) is 3.79 Å². The van der Waals surface area contributed by atoms with Crippen LogP contribution in [0.1, 0.15) is 11.6 Å². The number of ether oxygens (including phenoxy) is 2. The first-order valence-electron chi connectivity index (χ1n) is 5.55. The van der Waals surface area contributed by atoms with Gasteiger partial charge in [-0.25, -0.2) is 4.79 Å². The molecule has 1 aliphatic heterocycles. The van der Waals surface area contributed by atoms with Crippen molar-refractivity contribution in [1.82, 2.24) is 4.90 Å². The molecule has 0 spiro atoms. The fraction of sp³-hybridized carbons (Fsp3) is 0.417. The van der Waals surface area contributed by atoms with Crippen LogP contribution < -0.4 is 4.74 Å². The van der Waals surface area contributed by atoms with Gasteiger partial charge in [0.1, 0.15) is 12.4 Å². The Morgan fingerprint density at radius 3 is 2.84 bits per heavy atom. The van der Waals surface area contributed by atoms with E-state index in [0.29, 0.717) is 6.54 Å². The van der Waals surface area contributed by atoms with E-state index < -0.39 is 9.89 Å². The fourth-order valence-corrected chi connectivity index (χ4v) is 1.87. The number of rotatable bonds is 3. The van der Waals surface area contributed by atoms with Crippen LogP contribution in [0.25, 0.3) is 0 Å². The first-order valence-corrected chi connectivity index (χ1v) is 6.68. The zero-order valence-electron chi connectivity index (χ0n) is 10.1. The minimum Gasteiger partial charge on any atom is -0.497 e. The second-order valence-corrected chi connectivity index (χ2v) is 6.63. The van der Waals surface area contributed by atoms with Gasteiger partial charge >= 0.3 is 6.09 Å². The Hall–Kier alpha value is -0.840. The number of halogens is 3. The van der Waals surface area contributed by atoms with E-state index in [1.807, 2.05) is 24.3 Å². The zero-order valence-corrected chi connectivity index (χ0v) is 12.4. The minimum atomic E-state index is -1.59. The average Bonchev–Trinajstić information content (AvgIpc) is 3.15. The number of amides is 1. The van der Waals surface area contributed by atoms with Crippen LogP contribution in [0, 0.1) is 0 Å². The van der Waals surface area contributed by atoms with Crippen molar-refractivity contribution in [2.75, 3.05) is 20.3 Å². The van der Waals surface area contributed by atoms with Crippen molar-refractivity contribution in [3.8, 4) is 5.75 Å². The number of hydrogen-bond donors (Lipinski definition) is 0. The lowest BCUT2D eigenvalue weighted by Gasteiger charge is -2.12. The molecule has 1 fully saturated rings. The summed E-state index contributed by atoms with van der Waals surface area (Å²) in [4.78, 5) is 13.2. The predicted octanol–water partition coefficient (Wildman–Crippen LogP) is 3.56. The maximum absolute atomic E-state index is 11.7. The number of methoxy groups -OCH3 is 1. The van der Waals surface area contributed by atoms with E-state index in [1.54, 1.807) is 12.0 Å². The van der Waals surface area contributed by atoms with Gasteiger partial charge in [-0.15, -0.1) is 0 Å². The lowest BCUT2D eigenvalue weighted by molar-refractivity contribution is 0.131. The molecule has 1 aliphatic rings. The first kappa shape index (κ1) is 14.6. The summed E-state index contributed by atoms with van der Waals surface area (Å²) in [5, 5.41) is 0.